The van der Waals surface area contributed by atoms with Crippen LogP contribution in [-0.4, -0.2) is 58.5 Å². The normalized spacial score (nSPS) is 21.6. The van der Waals surface area contributed by atoms with E-state index in [-0.39, 0.29) is 17.5 Å². The summed E-state index contributed by atoms with van der Waals surface area (Å²) in [7, 11) is 3.41. The van der Waals surface area contributed by atoms with Gasteiger partial charge in [0.05, 0.1) is 11.4 Å². The van der Waals surface area contributed by atoms with Gasteiger partial charge in [-0.2, -0.15) is 5.10 Å². The van der Waals surface area contributed by atoms with Crippen LogP contribution in [0.3, 0.4) is 0 Å². The molecule has 1 aliphatic heterocycles. The van der Waals surface area contributed by atoms with Crippen LogP contribution in [-0.2, 0) is 4.79 Å². The van der Waals surface area contributed by atoms with Gasteiger partial charge in [0, 0.05) is 26.6 Å². The number of nitrogens with zero attached hydrogens (tertiary/aromatic N) is 3. The lowest BCUT2D eigenvalue weighted by Gasteiger charge is -2.25. The Balaban J connectivity index is 1.82. The molecule has 0 aromatic carbocycles. The van der Waals surface area contributed by atoms with Gasteiger partial charge in [0.2, 0.25) is 5.91 Å². The van der Waals surface area contributed by atoms with Gasteiger partial charge in [0.25, 0.3) is 5.91 Å². The van der Waals surface area contributed by atoms with Crippen molar-refractivity contribution in [2.24, 2.45) is 0 Å². The predicted octanol–water partition coefficient (Wildman–Crippen LogP) is 0.562. The number of anilines is 1. The number of nitrogen functional groups attached to an aromatic ring is 1. The fourth-order valence-electron chi connectivity index (χ4n) is 2.91. The van der Waals surface area contributed by atoms with Crippen LogP contribution in [0.1, 0.15) is 47.8 Å². The standard InChI is InChI=1S/C14H21N5O2/c1-18(2)13(20)9-4-3-7-19(9)14(21)12-10(15)11(16-17-12)8-5-6-8/h8-9H,3-7,15H2,1-2H3,(H,16,17). The number of rotatable bonds is 3. The molecule has 1 saturated carbocycles. The number of H-pyrrole nitrogens is 1. The Hall–Kier alpha value is -2.05. The van der Waals surface area contributed by atoms with E-state index in [1.54, 1.807) is 19.0 Å². The minimum absolute atomic E-state index is 0.0441. The van der Waals surface area contributed by atoms with Crippen LogP contribution in [0.4, 0.5) is 5.69 Å². The molecular weight excluding hydrogens is 270 g/mol. The lowest BCUT2D eigenvalue weighted by atomic mass is 10.1. The summed E-state index contributed by atoms with van der Waals surface area (Å²) in [6, 6.07) is -0.395. The maximum Gasteiger partial charge on any atom is 0.277 e. The molecule has 2 amide bonds. The van der Waals surface area contributed by atoms with E-state index in [2.05, 4.69) is 10.2 Å². The van der Waals surface area contributed by atoms with Gasteiger partial charge in [-0.15, -0.1) is 0 Å². The largest absolute Gasteiger partial charge is 0.395 e. The molecule has 21 heavy (non-hydrogen) atoms. The molecule has 0 bridgehead atoms. The molecular formula is C14H21N5O2. The van der Waals surface area contributed by atoms with Gasteiger partial charge in [-0.3, -0.25) is 14.7 Å². The Bertz CT molecular complexity index is 576. The molecule has 2 aliphatic rings. The number of carbonyl (C=O) groups excluding carboxylic acids is 2. The smallest absolute Gasteiger partial charge is 0.277 e. The van der Waals surface area contributed by atoms with Gasteiger partial charge in [-0.1, -0.05) is 0 Å². The average molecular weight is 291 g/mol. The van der Waals surface area contributed by atoms with Crippen molar-refractivity contribution < 1.29 is 9.59 Å². The first-order valence-corrected chi connectivity index (χ1v) is 7.36. The van der Waals surface area contributed by atoms with Crippen LogP contribution in [0.5, 0.6) is 0 Å². The lowest BCUT2D eigenvalue weighted by molar-refractivity contribution is -0.132. The average Bonchev–Trinajstić information content (AvgIpc) is 3.04. The number of carbonyl (C=O) groups is 2. The minimum Gasteiger partial charge on any atom is -0.395 e. The Morgan fingerprint density at radius 3 is 2.67 bits per heavy atom. The van der Waals surface area contributed by atoms with E-state index >= 15 is 0 Å². The number of likely N-dealkylation sites (N-methyl/N-ethyl adjacent to an activating group) is 1. The summed E-state index contributed by atoms with van der Waals surface area (Å²) in [5, 5.41) is 6.98. The third-order valence-electron chi connectivity index (χ3n) is 4.26. The van der Waals surface area contributed by atoms with Crippen molar-refractivity contribution in [3.8, 4) is 0 Å². The molecule has 0 spiro atoms. The maximum atomic E-state index is 12.7. The van der Waals surface area contributed by atoms with E-state index in [4.69, 9.17) is 5.73 Å². The van der Waals surface area contributed by atoms with E-state index in [0.717, 1.165) is 25.0 Å². The van der Waals surface area contributed by atoms with Gasteiger partial charge < -0.3 is 15.5 Å². The molecule has 1 aliphatic carbocycles. The number of hydrogen-bond acceptors (Lipinski definition) is 4. The first-order chi connectivity index (χ1) is 10.0. The van der Waals surface area contributed by atoms with Crippen molar-refractivity contribution in [1.29, 1.82) is 0 Å². The Labute approximate surface area is 123 Å². The molecule has 1 aromatic heterocycles. The zero-order valence-corrected chi connectivity index (χ0v) is 12.4. The minimum atomic E-state index is -0.395. The van der Waals surface area contributed by atoms with Crippen molar-refractivity contribution >= 4 is 17.5 Å². The highest BCUT2D eigenvalue weighted by atomic mass is 16.2. The summed E-state index contributed by atoms with van der Waals surface area (Å²) in [6.07, 6.45) is 3.70. The highest BCUT2D eigenvalue weighted by Crippen LogP contribution is 2.42. The number of amides is 2. The fraction of sp³-hybridized carbons (Fsp3) is 0.643. The van der Waals surface area contributed by atoms with Crippen LogP contribution in [0.2, 0.25) is 0 Å². The van der Waals surface area contributed by atoms with Crippen molar-refractivity contribution in [2.45, 2.75) is 37.6 Å². The molecule has 1 atom stereocenters. The number of likely N-dealkylation sites (tertiary alicyclic amines) is 1. The van der Waals surface area contributed by atoms with Gasteiger partial charge in [0.15, 0.2) is 5.69 Å². The number of nitrogens with two attached hydrogens (primary N) is 1. The summed E-state index contributed by atoms with van der Waals surface area (Å²) < 4.78 is 0. The van der Waals surface area contributed by atoms with Crippen LogP contribution in [0.15, 0.2) is 0 Å². The second-order valence-electron chi connectivity index (χ2n) is 6.06. The monoisotopic (exact) mass is 291 g/mol. The highest BCUT2D eigenvalue weighted by Gasteiger charge is 2.38. The Morgan fingerprint density at radius 1 is 1.33 bits per heavy atom. The Kier molecular flexibility index (Phi) is 3.35. The second kappa shape index (κ2) is 5.05. The molecule has 3 N–H and O–H groups in total. The van der Waals surface area contributed by atoms with Crippen LogP contribution >= 0.6 is 0 Å². The molecule has 7 heteroatoms. The molecule has 1 saturated heterocycles. The first kappa shape index (κ1) is 13.9. The van der Waals surface area contributed by atoms with Crippen molar-refractivity contribution in [3.05, 3.63) is 11.4 Å². The third-order valence-corrected chi connectivity index (χ3v) is 4.26. The third kappa shape index (κ3) is 2.36. The molecule has 3 rings (SSSR count). The summed E-state index contributed by atoms with van der Waals surface area (Å²) in [5.41, 5.74) is 7.64. The molecule has 0 radical (unpaired) electrons. The second-order valence-corrected chi connectivity index (χ2v) is 6.06. The molecule has 114 valence electrons. The van der Waals surface area contributed by atoms with E-state index in [1.165, 1.54) is 4.90 Å². The summed E-state index contributed by atoms with van der Waals surface area (Å²) >= 11 is 0. The SMILES string of the molecule is CN(C)C(=O)C1CCCN1C(=O)c1n[nH]c(C2CC2)c1N. The van der Waals surface area contributed by atoms with Crippen molar-refractivity contribution in [2.75, 3.05) is 26.4 Å². The molecule has 2 fully saturated rings. The van der Waals surface area contributed by atoms with Crippen molar-refractivity contribution in [1.82, 2.24) is 20.0 Å². The Morgan fingerprint density at radius 2 is 2.05 bits per heavy atom. The van der Waals surface area contributed by atoms with Crippen molar-refractivity contribution in [3.63, 3.8) is 0 Å². The van der Waals surface area contributed by atoms with Gasteiger partial charge in [-0.05, 0) is 25.7 Å². The van der Waals surface area contributed by atoms with E-state index in [0.29, 0.717) is 24.6 Å². The van der Waals surface area contributed by atoms with E-state index < -0.39 is 6.04 Å². The first-order valence-electron chi connectivity index (χ1n) is 7.36. The number of aromatic nitrogens is 2. The predicted molar refractivity (Wildman–Crippen MR) is 77.7 cm³/mol. The van der Waals surface area contributed by atoms with Crippen LogP contribution < -0.4 is 5.73 Å². The van der Waals surface area contributed by atoms with E-state index in [1.807, 2.05) is 0 Å². The van der Waals surface area contributed by atoms with Gasteiger partial charge in [-0.25, -0.2) is 0 Å². The molecule has 7 nitrogen and oxygen atoms in total. The van der Waals surface area contributed by atoms with Crippen LogP contribution in [0.25, 0.3) is 0 Å². The summed E-state index contributed by atoms with van der Waals surface area (Å²) in [4.78, 5) is 28.0. The summed E-state index contributed by atoms with van der Waals surface area (Å²) in [6.45, 7) is 0.578. The number of nitrogens with one attached hydrogen (secondary N) is 1. The van der Waals surface area contributed by atoms with Gasteiger partial charge in [0.1, 0.15) is 6.04 Å². The van der Waals surface area contributed by atoms with E-state index in [9.17, 15) is 9.59 Å². The quantitative estimate of drug-likeness (QED) is 0.850. The lowest BCUT2D eigenvalue weighted by Crippen LogP contribution is -2.45. The fourth-order valence-corrected chi connectivity index (χ4v) is 2.91. The molecule has 2 heterocycles. The zero-order chi connectivity index (χ0) is 15.1. The van der Waals surface area contributed by atoms with Gasteiger partial charge >= 0.3 is 0 Å². The number of aromatic amines is 1. The molecule has 1 aromatic rings. The number of hydrogen-bond donors (Lipinski definition) is 2. The molecule has 1 unspecified atom stereocenters. The zero-order valence-electron chi connectivity index (χ0n) is 12.4. The maximum absolute atomic E-state index is 12.7. The van der Waals surface area contributed by atoms with Crippen LogP contribution in [0, 0.1) is 0 Å². The highest BCUT2D eigenvalue weighted by molar-refractivity contribution is 6.00. The summed E-state index contributed by atoms with van der Waals surface area (Å²) in [5.74, 6) is 0.127. The topological polar surface area (TPSA) is 95.3 Å².